The Morgan fingerprint density at radius 2 is 1.85 bits per heavy atom. The van der Waals surface area contributed by atoms with E-state index in [4.69, 9.17) is 19.9 Å². The minimum absolute atomic E-state index is 0.0173. The number of carbonyl (C=O) groups excluding carboxylic acids is 3. The number of hydrogen-bond acceptors (Lipinski definition) is 12. The first-order chi connectivity index (χ1) is 18.4. The fraction of sp³-hybridized carbons (Fsp3) is 0.444. The van der Waals surface area contributed by atoms with Gasteiger partial charge in [-0.05, 0) is 13.0 Å². The van der Waals surface area contributed by atoms with E-state index in [0.717, 1.165) is 0 Å². The number of hydrogen-bond donors (Lipinski definition) is 6. The molecule has 0 radical (unpaired) electrons. The number of aliphatic hydroxyl groups excluding tert-OH is 2. The second-order valence-electron chi connectivity index (χ2n) is 10.2. The van der Waals surface area contributed by atoms with Crippen LogP contribution in [0.3, 0.4) is 0 Å². The van der Waals surface area contributed by atoms with Crippen LogP contribution >= 0.6 is 0 Å². The fourth-order valence-corrected chi connectivity index (χ4v) is 5.75. The third-order valence-electron chi connectivity index (χ3n) is 7.81. The van der Waals surface area contributed by atoms with Crippen molar-refractivity contribution in [1.29, 1.82) is 0 Å². The third kappa shape index (κ3) is 4.11. The summed E-state index contributed by atoms with van der Waals surface area (Å²) in [5, 5.41) is 53.7. The summed E-state index contributed by atoms with van der Waals surface area (Å²) in [6.07, 6.45) is -5.12. The van der Waals surface area contributed by atoms with Crippen molar-refractivity contribution in [2.75, 3.05) is 13.7 Å². The molecular weight excluding hydrogens is 514 g/mol. The predicted molar refractivity (Wildman–Crippen MR) is 132 cm³/mol. The number of aromatic hydroxyl groups is 2. The van der Waals surface area contributed by atoms with Gasteiger partial charge in [-0.25, -0.2) is 0 Å². The van der Waals surface area contributed by atoms with Crippen LogP contribution < -0.4 is 10.5 Å². The molecule has 3 aliphatic rings. The maximum Gasteiger partial charge on any atom is 0.202 e. The van der Waals surface area contributed by atoms with E-state index < -0.39 is 95.7 Å². The zero-order valence-electron chi connectivity index (χ0n) is 21.2. The summed E-state index contributed by atoms with van der Waals surface area (Å²) in [5.74, 6) is -3.77. The maximum absolute atomic E-state index is 13.6. The Morgan fingerprint density at radius 1 is 1.15 bits per heavy atom. The molecule has 0 amide bonds. The van der Waals surface area contributed by atoms with E-state index in [0.29, 0.717) is 0 Å². The Labute approximate surface area is 222 Å². The van der Waals surface area contributed by atoms with Gasteiger partial charge in [-0.2, -0.15) is 0 Å². The average Bonchev–Trinajstić information content (AvgIpc) is 2.90. The van der Waals surface area contributed by atoms with Crippen LogP contribution in [-0.4, -0.2) is 86.7 Å². The number of rotatable bonds is 5. The van der Waals surface area contributed by atoms with E-state index in [1.165, 1.54) is 25.3 Å². The highest BCUT2D eigenvalue weighted by Crippen LogP contribution is 2.52. The highest BCUT2D eigenvalue weighted by Gasteiger charge is 2.50. The van der Waals surface area contributed by atoms with Gasteiger partial charge in [-0.1, -0.05) is 12.1 Å². The fourth-order valence-electron chi connectivity index (χ4n) is 5.75. The summed E-state index contributed by atoms with van der Waals surface area (Å²) in [6, 6.07) is 3.64. The topological polar surface area (TPSA) is 206 Å². The van der Waals surface area contributed by atoms with Crippen molar-refractivity contribution in [3.05, 3.63) is 51.6 Å². The summed E-state index contributed by atoms with van der Waals surface area (Å²) in [6.45, 7) is 0.560. The number of ketones is 3. The quantitative estimate of drug-likeness (QED) is 0.235. The third-order valence-corrected chi connectivity index (χ3v) is 7.81. The lowest BCUT2D eigenvalue weighted by Gasteiger charge is -2.42. The molecule has 39 heavy (non-hydrogen) atoms. The first-order valence-electron chi connectivity index (χ1n) is 12.4. The number of phenols is 2. The lowest BCUT2D eigenvalue weighted by atomic mass is 9.72. The first kappa shape index (κ1) is 27.2. The average molecular weight is 544 g/mol. The van der Waals surface area contributed by atoms with E-state index in [-0.39, 0.29) is 34.4 Å². The van der Waals surface area contributed by atoms with E-state index in [9.17, 15) is 39.9 Å². The zero-order chi connectivity index (χ0) is 28.4. The number of methoxy groups -OCH3 is 1. The van der Waals surface area contributed by atoms with Crippen molar-refractivity contribution in [1.82, 2.24) is 0 Å². The SMILES string of the molecule is COc1cccc2c1C(=O)c1c(O)c3c(c(O)c1C2=O)C[C@@](O)(C(=O)CO)CC3O[C@H]1C[C@H](N)[C@H](O)[C@H](C)O1. The van der Waals surface area contributed by atoms with Crippen LogP contribution in [0, 0.1) is 0 Å². The number of fused-ring (bicyclic) bond motifs is 3. The van der Waals surface area contributed by atoms with Gasteiger partial charge in [0.1, 0.15) is 29.5 Å². The number of phenolic OH excluding ortho intramolecular Hbond substituents is 2. The molecule has 12 heteroatoms. The Hall–Kier alpha value is -3.39. The summed E-state index contributed by atoms with van der Waals surface area (Å²) >= 11 is 0. The molecule has 0 spiro atoms. The van der Waals surface area contributed by atoms with Crippen LogP contribution in [0.2, 0.25) is 0 Å². The van der Waals surface area contributed by atoms with Crippen LogP contribution in [-0.2, 0) is 20.7 Å². The smallest absolute Gasteiger partial charge is 0.202 e. The normalized spacial score (nSPS) is 29.8. The minimum atomic E-state index is -2.24. The Morgan fingerprint density at radius 3 is 2.49 bits per heavy atom. The van der Waals surface area contributed by atoms with Crippen molar-refractivity contribution in [2.45, 2.75) is 62.4 Å². The molecule has 1 unspecified atom stereocenters. The number of nitrogens with two attached hydrogens (primary N) is 1. The predicted octanol–water partition coefficient (Wildman–Crippen LogP) is 0.00130. The van der Waals surface area contributed by atoms with Crippen LogP contribution in [0.4, 0.5) is 0 Å². The van der Waals surface area contributed by atoms with Crippen molar-refractivity contribution < 1.29 is 54.1 Å². The molecule has 1 saturated heterocycles. The first-order valence-corrected chi connectivity index (χ1v) is 12.4. The number of ether oxygens (including phenoxy) is 3. The monoisotopic (exact) mass is 543 g/mol. The van der Waals surface area contributed by atoms with E-state index in [1.807, 2.05) is 0 Å². The molecule has 6 atom stereocenters. The van der Waals surface area contributed by atoms with E-state index in [2.05, 4.69) is 0 Å². The molecular formula is C27H29NO11. The summed E-state index contributed by atoms with van der Waals surface area (Å²) in [4.78, 5) is 39.7. The molecule has 12 nitrogen and oxygen atoms in total. The van der Waals surface area contributed by atoms with Crippen molar-refractivity contribution in [3.63, 3.8) is 0 Å². The number of Topliss-reactive ketones (excluding diaryl/α,β-unsaturated/α-hetero) is 1. The summed E-state index contributed by atoms with van der Waals surface area (Å²) in [5.41, 5.74) is 2.37. The molecule has 0 bridgehead atoms. The van der Waals surface area contributed by atoms with Crippen molar-refractivity contribution >= 4 is 17.3 Å². The second kappa shape index (κ2) is 9.66. The molecule has 1 fully saturated rings. The molecule has 1 aliphatic heterocycles. The van der Waals surface area contributed by atoms with Crippen LogP contribution in [0.5, 0.6) is 17.2 Å². The molecule has 7 N–H and O–H groups in total. The van der Waals surface area contributed by atoms with Crippen LogP contribution in [0.1, 0.15) is 68.8 Å². The highest BCUT2D eigenvalue weighted by atomic mass is 16.7. The van der Waals surface area contributed by atoms with Crippen LogP contribution in [0.15, 0.2) is 18.2 Å². The lowest BCUT2D eigenvalue weighted by Crippen LogP contribution is -2.53. The number of aliphatic hydroxyl groups is 3. The standard InChI is InChI=1S/C27H29NO11/c1-10-22(31)13(28)6-17(38-10)39-15-8-27(36,16(30)9-29)7-12-19(15)26(35)21-20(24(12)33)23(32)11-4-3-5-14(37-2)18(11)25(21)34/h3-5,10,13,15,17,22,29,31,33,35-36H,6-9,28H2,1-2H3/t10-,13-,15?,17-,22+,27-/m0/s1. The van der Waals surface area contributed by atoms with Crippen LogP contribution in [0.25, 0.3) is 0 Å². The largest absolute Gasteiger partial charge is 0.507 e. The Kier molecular flexibility index (Phi) is 6.74. The van der Waals surface area contributed by atoms with Crippen molar-refractivity contribution in [2.24, 2.45) is 5.73 Å². The van der Waals surface area contributed by atoms with E-state index in [1.54, 1.807) is 6.92 Å². The number of benzene rings is 2. The maximum atomic E-state index is 13.6. The molecule has 2 aromatic carbocycles. The van der Waals surface area contributed by atoms with Gasteiger partial charge in [0.25, 0.3) is 0 Å². The van der Waals surface area contributed by atoms with Gasteiger partial charge < -0.3 is 45.5 Å². The molecule has 2 aromatic rings. The molecule has 2 aliphatic carbocycles. The van der Waals surface area contributed by atoms with E-state index >= 15 is 0 Å². The number of carbonyl (C=O) groups is 3. The van der Waals surface area contributed by atoms with Crippen molar-refractivity contribution in [3.8, 4) is 17.2 Å². The van der Waals surface area contributed by atoms with Gasteiger partial charge in [0.05, 0.1) is 42.1 Å². The van der Waals surface area contributed by atoms with Gasteiger partial charge in [-0.15, -0.1) is 0 Å². The van der Waals surface area contributed by atoms with Gasteiger partial charge >= 0.3 is 0 Å². The van der Waals surface area contributed by atoms with Gasteiger partial charge in [0.15, 0.2) is 17.9 Å². The second-order valence-corrected chi connectivity index (χ2v) is 10.2. The summed E-state index contributed by atoms with van der Waals surface area (Å²) in [7, 11) is 1.32. The molecule has 208 valence electrons. The molecule has 1 heterocycles. The zero-order valence-corrected chi connectivity index (χ0v) is 21.2. The molecule has 0 aromatic heterocycles. The van der Waals surface area contributed by atoms with Gasteiger partial charge in [0.2, 0.25) is 5.78 Å². The molecule has 0 saturated carbocycles. The molecule has 5 rings (SSSR count). The lowest BCUT2D eigenvalue weighted by molar-refractivity contribution is -0.247. The Balaban J connectivity index is 1.69. The highest BCUT2D eigenvalue weighted by molar-refractivity contribution is 6.31. The van der Waals surface area contributed by atoms with Gasteiger partial charge in [0, 0.05) is 42.0 Å². The van der Waals surface area contributed by atoms with Gasteiger partial charge in [-0.3, -0.25) is 14.4 Å². The minimum Gasteiger partial charge on any atom is -0.507 e. The Bertz CT molecular complexity index is 1380. The summed E-state index contributed by atoms with van der Waals surface area (Å²) < 4.78 is 17.0.